The molecule has 0 spiro atoms. The number of nitrogens with one attached hydrogen (secondary N) is 2. The molecule has 8 aromatic carbocycles. The number of alkyl halides is 3. The van der Waals surface area contributed by atoms with Crippen molar-refractivity contribution in [1.82, 2.24) is 24.6 Å². The third kappa shape index (κ3) is 16.2. The van der Waals surface area contributed by atoms with Crippen LogP contribution in [0.5, 0.6) is 11.5 Å². The van der Waals surface area contributed by atoms with E-state index >= 15 is 0 Å². The van der Waals surface area contributed by atoms with Crippen LogP contribution in [0, 0.1) is 6.92 Å². The van der Waals surface area contributed by atoms with Crippen LogP contribution in [-0.4, -0.2) is 129 Å². The number of hydrogen-bond acceptors (Lipinski definition) is 9. The summed E-state index contributed by atoms with van der Waals surface area (Å²) >= 11 is 25.4. The van der Waals surface area contributed by atoms with Crippen LogP contribution < -0.4 is 9.50 Å². The van der Waals surface area contributed by atoms with Crippen molar-refractivity contribution >= 4 is 73.1 Å². The molecule has 0 saturated heterocycles. The molecule has 19 heteroatoms. The quantitative estimate of drug-likeness (QED) is 0.0673. The van der Waals surface area contributed by atoms with Gasteiger partial charge < -0.3 is 39.2 Å². The summed E-state index contributed by atoms with van der Waals surface area (Å²) in [6, 6.07) is 52.2. The van der Waals surface area contributed by atoms with Gasteiger partial charge in [-0.2, -0.15) is 21.6 Å². The van der Waals surface area contributed by atoms with Crippen LogP contribution in [0.1, 0.15) is 174 Å². The van der Waals surface area contributed by atoms with Gasteiger partial charge in [-0.15, -0.1) is 6.58 Å². The number of aryl methyl sites for hydroxylation is 5. The van der Waals surface area contributed by atoms with Crippen molar-refractivity contribution in [3.63, 3.8) is 0 Å². The fourth-order valence-corrected chi connectivity index (χ4v) is 19.6. The van der Waals surface area contributed by atoms with E-state index in [1.54, 1.807) is 0 Å². The van der Waals surface area contributed by atoms with E-state index in [1.165, 1.54) is 128 Å². The lowest BCUT2D eigenvalue weighted by molar-refractivity contribution is -0.0500. The van der Waals surface area contributed by atoms with Gasteiger partial charge >= 0.3 is 15.6 Å². The molecule has 10 nitrogen and oxygen atoms in total. The largest absolute Gasteiger partial charge is 0.534 e. The highest BCUT2D eigenvalue weighted by Crippen LogP contribution is 2.50. The lowest BCUT2D eigenvalue weighted by Gasteiger charge is -2.38. The monoisotopic (exact) mass is 1540 g/mol. The summed E-state index contributed by atoms with van der Waals surface area (Å²) in [6.45, 7) is 10.6. The maximum atomic E-state index is 12.8. The minimum Gasteiger partial charge on any atom is -0.506 e. The second kappa shape index (κ2) is 34.4. The molecule has 3 N–H and O–H groups in total. The van der Waals surface area contributed by atoms with Gasteiger partial charge in [-0.1, -0.05) is 179 Å². The number of aromatic nitrogens is 1. The molecule has 8 aliphatic rings. The molecular formula is C87H104Cl4F4N6O4S. The molecule has 17 rings (SSSR count). The Kier molecular flexibility index (Phi) is 26.9. The van der Waals surface area contributed by atoms with Crippen molar-refractivity contribution in [3.05, 3.63) is 273 Å². The van der Waals surface area contributed by atoms with Gasteiger partial charge in [0.05, 0.1) is 31.3 Å². The van der Waals surface area contributed by atoms with Crippen LogP contribution in [0.4, 0.5) is 23.6 Å². The number of anilines is 1. The minimum atomic E-state index is -5.80. The van der Waals surface area contributed by atoms with Crippen molar-refractivity contribution in [1.29, 1.82) is 0 Å². The molecule has 4 aliphatic heterocycles. The molecular weight excluding hydrogens is 1440 g/mol. The Morgan fingerprint density at radius 3 is 1.30 bits per heavy atom. The number of fused-ring (bicyclic) bond motifs is 22. The second-order valence-electron chi connectivity index (χ2n) is 28.9. The number of aromatic hydroxyl groups is 1. The summed E-state index contributed by atoms with van der Waals surface area (Å²) in [5, 5.41) is 16.8. The number of halogens is 8. The summed E-state index contributed by atoms with van der Waals surface area (Å²) in [6.07, 6.45) is 14.6. The van der Waals surface area contributed by atoms with Gasteiger partial charge in [0.2, 0.25) is 0 Å². The highest BCUT2D eigenvalue weighted by atomic mass is 35.5. The zero-order valence-electron chi connectivity index (χ0n) is 58.2. The summed E-state index contributed by atoms with van der Waals surface area (Å²) in [5.74, 6) is 0.795. The maximum Gasteiger partial charge on any atom is 0.534 e. The molecule has 0 fully saturated rings. The van der Waals surface area contributed by atoms with E-state index < -0.39 is 21.4 Å². The van der Waals surface area contributed by atoms with Gasteiger partial charge in [-0.25, -0.2) is 0 Å². The Bertz CT molecular complexity index is 4740. The number of benzene rings is 8. The topological polar surface area (TPSA) is 104 Å². The van der Waals surface area contributed by atoms with Gasteiger partial charge in [0.1, 0.15) is 5.75 Å². The number of nitrogens with zero attached hydrogens (tertiary/aromatic N) is 4. The third-order valence-corrected chi connectivity index (χ3v) is 25.3. The normalized spacial score (nSPS) is 21.8. The first-order valence-electron chi connectivity index (χ1n) is 35.5. The molecule has 8 atom stereocenters. The van der Waals surface area contributed by atoms with Gasteiger partial charge in [0.25, 0.3) is 0 Å². The summed E-state index contributed by atoms with van der Waals surface area (Å²) in [5.41, 5.74) is 18.9. The summed E-state index contributed by atoms with van der Waals surface area (Å²) < 4.78 is 65.9. The molecule has 0 saturated carbocycles. The molecule has 0 bridgehead atoms. The van der Waals surface area contributed by atoms with E-state index in [-0.39, 0.29) is 57.1 Å². The molecule has 0 amide bonds. The van der Waals surface area contributed by atoms with Crippen molar-refractivity contribution in [2.75, 3.05) is 66.2 Å². The first kappa shape index (κ1) is 83.2. The predicted molar refractivity (Wildman–Crippen MR) is 435 cm³/mol. The zero-order chi connectivity index (χ0) is 70.8. The Balaban J connectivity index is 0.000000162. The van der Waals surface area contributed by atoms with E-state index in [1.807, 2.05) is 43.5 Å². The van der Waals surface area contributed by atoms with Gasteiger partial charge in [0.15, 0.2) is 5.75 Å². The molecule has 106 heavy (non-hydrogen) atoms. The maximum absolute atomic E-state index is 12.8. The van der Waals surface area contributed by atoms with Crippen molar-refractivity contribution in [2.45, 2.75) is 167 Å². The number of phenols is 1. The average molecular weight is 1550 g/mol. The standard InChI is InChI=1S/C22H23ClN2.C22H25ClN2.C20H19ClF3NO3S.C19H20ClNO.4CH4.FH/c1-13-11-17-20-15(12-18(23)22(17)24-13)9-10-25(2)19-8-7-14-5-3-4-6-16(14)21(19)20;1-3-11-24-20-14-18-16(13-19(20)23)10-12-25(2)21-9-8-15-6-4-5-7-17(15)22(18)21;1-25-9-8-13-10-16(21)18(28-29(26,27)20(22,23)24)11-15(13)19-14-5-3-2-4-12(14)6-7-17(19)25;1-21-9-8-13-10-16(20)18(22)11-15(13)19-14-5-3-2-4-12(14)6-7-17(19)21;;;;;/h3-6,11-12,19,21,24H,7-10H2,1-2H3;3-7,13-14,21-22,24H,1,8-12H2,2H3;2-5,10-11,17,19H,6-9H2,1H3;2-5,10-11,17,19,22H,6-9H2,1H3;4*1H4;1H/t19-,21-;21-,22+;2*17-,19+;;;;;/m0000...../s1. The Hall–Kier alpha value is -6.89. The van der Waals surface area contributed by atoms with Gasteiger partial charge in [-0.3, -0.25) is 4.70 Å². The molecule has 9 aromatic rings. The number of aromatic amines is 1. The lowest BCUT2D eigenvalue weighted by atomic mass is 9.73. The smallest absolute Gasteiger partial charge is 0.506 e. The van der Waals surface area contributed by atoms with Crippen LogP contribution in [0.3, 0.4) is 0 Å². The molecule has 5 heterocycles. The SMILES string of the molecule is C.C.C.C.C=CCNc1cc2c(cc1Cl)CCN(C)[C@H]1CCc3ccccc3[C@H]21.CN1CCc2cc(Cl)c(O)cc2[C@H]2c3ccccc3CC[C@@H]21.CN1CCc2cc(Cl)c(OS(=O)(=O)C(F)(F)F)cc2[C@H]2c3ccccc3CC[C@@H]21.Cc1cc2c3c(cc(Cl)c2[nH]1)CCN(C)[C@H]1CCc2ccccc2[C@H]31.F. The fourth-order valence-electron chi connectivity index (χ4n) is 18.2. The molecule has 568 valence electrons. The Morgan fingerprint density at radius 2 is 0.868 bits per heavy atom. The Morgan fingerprint density at radius 1 is 0.500 bits per heavy atom. The van der Waals surface area contributed by atoms with Crippen molar-refractivity contribution < 1.29 is 35.6 Å². The molecule has 1 aromatic heterocycles. The van der Waals surface area contributed by atoms with E-state index in [9.17, 15) is 26.7 Å². The number of phenolic OH excluding ortho intramolecular Hbond substituents is 1. The van der Waals surface area contributed by atoms with Crippen molar-refractivity contribution in [2.24, 2.45) is 0 Å². The van der Waals surface area contributed by atoms with Gasteiger partial charge in [0, 0.05) is 91.6 Å². The summed E-state index contributed by atoms with van der Waals surface area (Å²) in [7, 11) is 3.01. The summed E-state index contributed by atoms with van der Waals surface area (Å²) in [4.78, 5) is 13.3. The van der Waals surface area contributed by atoms with Crippen LogP contribution in [0.2, 0.25) is 20.1 Å². The Labute approximate surface area is 646 Å². The predicted octanol–water partition coefficient (Wildman–Crippen LogP) is 21.1. The first-order chi connectivity index (χ1) is 48.5. The van der Waals surface area contributed by atoms with Crippen LogP contribution in [-0.2, 0) is 61.5 Å². The van der Waals surface area contributed by atoms with Crippen molar-refractivity contribution in [3.8, 4) is 11.5 Å². The highest BCUT2D eigenvalue weighted by Gasteiger charge is 2.49. The minimum absolute atomic E-state index is 0. The van der Waals surface area contributed by atoms with E-state index in [0.717, 1.165) is 109 Å². The number of likely N-dealkylation sites (N-methyl/N-ethyl adjacent to an activating group) is 4. The molecule has 0 radical (unpaired) electrons. The van der Waals surface area contributed by atoms with E-state index in [4.69, 9.17) is 46.4 Å². The zero-order valence-corrected chi connectivity index (χ0v) is 62.0. The first-order valence-corrected chi connectivity index (χ1v) is 38.4. The van der Waals surface area contributed by atoms with E-state index in [0.29, 0.717) is 47.3 Å². The third-order valence-electron chi connectivity index (χ3n) is 23.1. The van der Waals surface area contributed by atoms with Crippen LogP contribution >= 0.6 is 46.4 Å². The van der Waals surface area contributed by atoms with E-state index in [2.05, 4.69) is 172 Å². The number of H-pyrrole nitrogens is 1. The average Bonchev–Trinajstić information content (AvgIpc) is 1.54. The second-order valence-corrected chi connectivity index (χ2v) is 32.1. The van der Waals surface area contributed by atoms with Crippen LogP contribution in [0.15, 0.2) is 158 Å². The number of hydrogen-bond donors (Lipinski definition) is 3. The van der Waals surface area contributed by atoms with Gasteiger partial charge in [-0.05, 0) is 250 Å². The number of rotatable bonds is 5. The van der Waals surface area contributed by atoms with Crippen LogP contribution in [0.25, 0.3) is 10.9 Å². The molecule has 0 unspecified atom stereocenters. The highest BCUT2D eigenvalue weighted by molar-refractivity contribution is 7.88. The lowest BCUT2D eigenvalue weighted by Crippen LogP contribution is -2.39. The molecule has 4 aliphatic carbocycles. The fraction of sp³-hybridized carbons (Fsp3) is 0.402.